The number of piperidine rings is 1. The van der Waals surface area contributed by atoms with Gasteiger partial charge < -0.3 is 20.2 Å². The first-order valence-corrected chi connectivity index (χ1v) is 12.6. The number of β-lactam (4-membered cyclic amide) rings is 1. The third-order valence-electron chi connectivity index (χ3n) is 7.99. The number of aliphatic carboxylic acids is 1. The highest BCUT2D eigenvalue weighted by Crippen LogP contribution is 2.47. The molecule has 1 aromatic carbocycles. The first-order chi connectivity index (χ1) is 16.5. The van der Waals surface area contributed by atoms with Crippen molar-refractivity contribution in [2.75, 3.05) is 36.4 Å². The Kier molecular flexibility index (Phi) is 6.44. The molecule has 2 aromatic rings. The molecule has 7 heteroatoms. The Bertz CT molecular complexity index is 996. The first-order valence-electron chi connectivity index (χ1n) is 12.6. The van der Waals surface area contributed by atoms with Crippen molar-refractivity contribution in [1.82, 2.24) is 9.88 Å². The van der Waals surface area contributed by atoms with Gasteiger partial charge in [0.15, 0.2) is 0 Å². The van der Waals surface area contributed by atoms with Gasteiger partial charge in [0, 0.05) is 44.5 Å². The lowest BCUT2D eigenvalue weighted by atomic mass is 9.76. The Morgan fingerprint density at radius 3 is 2.47 bits per heavy atom. The molecular weight excluding hydrogens is 428 g/mol. The van der Waals surface area contributed by atoms with Crippen LogP contribution in [0, 0.1) is 11.3 Å². The quantitative estimate of drug-likeness (QED) is 0.581. The van der Waals surface area contributed by atoms with Gasteiger partial charge in [0.1, 0.15) is 11.9 Å². The number of nitrogens with one attached hydrogen (secondary N) is 1. The van der Waals surface area contributed by atoms with Gasteiger partial charge in [-0.05, 0) is 61.4 Å². The Balaban J connectivity index is 1.13. The maximum absolute atomic E-state index is 12.8. The lowest BCUT2D eigenvalue weighted by molar-refractivity contribution is -0.171. The zero-order chi connectivity index (χ0) is 23.5. The zero-order valence-corrected chi connectivity index (χ0v) is 19.7. The van der Waals surface area contributed by atoms with Crippen LogP contribution in [0.1, 0.15) is 44.1 Å². The van der Waals surface area contributed by atoms with Crippen LogP contribution < -0.4 is 10.2 Å². The van der Waals surface area contributed by atoms with Gasteiger partial charge >= 0.3 is 5.97 Å². The van der Waals surface area contributed by atoms with E-state index in [1.807, 2.05) is 30.3 Å². The number of aromatic nitrogens is 1. The normalized spacial score (nSPS) is 20.9. The van der Waals surface area contributed by atoms with E-state index in [0.717, 1.165) is 69.5 Å². The van der Waals surface area contributed by atoms with Crippen molar-refractivity contribution in [3.05, 3.63) is 54.2 Å². The molecule has 5 rings (SSSR count). The first kappa shape index (κ1) is 22.7. The van der Waals surface area contributed by atoms with Gasteiger partial charge in [-0.15, -0.1) is 0 Å². The summed E-state index contributed by atoms with van der Waals surface area (Å²) < 4.78 is 0. The molecule has 0 radical (unpaired) electrons. The van der Waals surface area contributed by atoms with E-state index in [1.165, 1.54) is 5.69 Å². The maximum Gasteiger partial charge on any atom is 0.326 e. The molecule has 1 aromatic heterocycles. The molecule has 2 N–H and O–H groups in total. The van der Waals surface area contributed by atoms with Gasteiger partial charge in [0.05, 0.1) is 5.41 Å². The molecule has 1 saturated carbocycles. The summed E-state index contributed by atoms with van der Waals surface area (Å²) in [5, 5.41) is 13.2. The molecule has 1 aliphatic carbocycles. The molecule has 1 spiro atoms. The molecule has 2 aliphatic heterocycles. The van der Waals surface area contributed by atoms with Crippen LogP contribution in [0.2, 0.25) is 0 Å². The molecule has 180 valence electrons. The van der Waals surface area contributed by atoms with Crippen LogP contribution in [0.5, 0.6) is 0 Å². The highest BCUT2D eigenvalue weighted by molar-refractivity contribution is 5.93. The molecule has 3 fully saturated rings. The lowest BCUT2D eigenvalue weighted by Gasteiger charge is -2.49. The van der Waals surface area contributed by atoms with Crippen molar-refractivity contribution in [2.24, 2.45) is 11.3 Å². The number of pyridine rings is 1. The number of hydrogen-bond acceptors (Lipinski definition) is 5. The van der Waals surface area contributed by atoms with E-state index >= 15 is 0 Å². The Hall–Kier alpha value is -3.09. The minimum absolute atomic E-state index is 0.0504. The average Bonchev–Trinajstić information content (AvgIpc) is 3.38. The summed E-state index contributed by atoms with van der Waals surface area (Å²) in [7, 11) is 0. The van der Waals surface area contributed by atoms with E-state index in [1.54, 1.807) is 11.1 Å². The predicted octanol–water partition coefficient (Wildman–Crippen LogP) is 3.81. The largest absolute Gasteiger partial charge is 0.480 e. The van der Waals surface area contributed by atoms with Crippen molar-refractivity contribution < 1.29 is 14.7 Å². The molecule has 1 atom stereocenters. The monoisotopic (exact) mass is 462 g/mol. The number of carbonyl (C=O) groups is 2. The highest BCUT2D eigenvalue weighted by Gasteiger charge is 2.56. The standard InChI is InChI=1S/C27H34N4O3/c32-25(33)23(31-19-27(26(31)34)12-2-3-13-27)17-20-6-8-22(9-7-20)30-15-10-21(11-16-30)18-29-24-5-1-4-14-28-24/h1,4-9,14,21,23H,2-3,10-13,15-19H2,(H,28,29)(H,32,33). The van der Waals surface area contributed by atoms with Gasteiger partial charge in [0.2, 0.25) is 5.91 Å². The summed E-state index contributed by atoms with van der Waals surface area (Å²) in [5.74, 6) is 0.700. The summed E-state index contributed by atoms with van der Waals surface area (Å²) in [6.07, 6.45) is 8.41. The van der Waals surface area contributed by atoms with Crippen molar-refractivity contribution in [3.63, 3.8) is 0 Å². The third kappa shape index (κ3) is 4.61. The fourth-order valence-corrected chi connectivity index (χ4v) is 5.86. The summed E-state index contributed by atoms with van der Waals surface area (Å²) in [6, 6.07) is 13.4. The van der Waals surface area contributed by atoms with Crippen molar-refractivity contribution >= 4 is 23.4 Å². The molecule has 0 bridgehead atoms. The Morgan fingerprint density at radius 2 is 1.85 bits per heavy atom. The minimum Gasteiger partial charge on any atom is -0.480 e. The molecule has 7 nitrogen and oxygen atoms in total. The van der Waals surface area contributed by atoms with Crippen LogP contribution in [0.15, 0.2) is 48.7 Å². The topological polar surface area (TPSA) is 85.8 Å². The second kappa shape index (κ2) is 9.65. The molecule has 1 amide bonds. The van der Waals surface area contributed by atoms with Crippen molar-refractivity contribution in [1.29, 1.82) is 0 Å². The number of hydrogen-bond donors (Lipinski definition) is 2. The molecular formula is C27H34N4O3. The van der Waals surface area contributed by atoms with E-state index in [4.69, 9.17) is 0 Å². The maximum atomic E-state index is 12.8. The molecule has 2 saturated heterocycles. The Morgan fingerprint density at radius 1 is 1.12 bits per heavy atom. The van der Waals surface area contributed by atoms with Gasteiger partial charge in [-0.25, -0.2) is 9.78 Å². The molecule has 3 heterocycles. The van der Waals surface area contributed by atoms with E-state index in [9.17, 15) is 14.7 Å². The number of rotatable bonds is 8. The fourth-order valence-electron chi connectivity index (χ4n) is 5.86. The lowest BCUT2D eigenvalue weighted by Crippen LogP contribution is -2.65. The Labute approximate surface area is 201 Å². The fraction of sp³-hybridized carbons (Fsp3) is 0.519. The summed E-state index contributed by atoms with van der Waals surface area (Å²) in [6.45, 7) is 3.56. The van der Waals surface area contributed by atoms with Gasteiger partial charge in [0.25, 0.3) is 0 Å². The van der Waals surface area contributed by atoms with Crippen LogP contribution in [0.3, 0.4) is 0 Å². The third-order valence-corrected chi connectivity index (χ3v) is 7.99. The van der Waals surface area contributed by atoms with Crippen LogP contribution in [-0.2, 0) is 16.0 Å². The molecule has 34 heavy (non-hydrogen) atoms. The number of amides is 1. The number of benzene rings is 1. The van der Waals surface area contributed by atoms with Crippen LogP contribution >= 0.6 is 0 Å². The predicted molar refractivity (Wildman–Crippen MR) is 132 cm³/mol. The smallest absolute Gasteiger partial charge is 0.326 e. The van der Waals surface area contributed by atoms with Gasteiger partial charge in [-0.3, -0.25) is 4.79 Å². The number of anilines is 2. The minimum atomic E-state index is -0.911. The van der Waals surface area contributed by atoms with Crippen molar-refractivity contribution in [3.8, 4) is 0 Å². The average molecular weight is 463 g/mol. The molecule has 1 unspecified atom stereocenters. The second-order valence-corrected chi connectivity index (χ2v) is 10.2. The van der Waals surface area contributed by atoms with E-state index in [-0.39, 0.29) is 11.3 Å². The van der Waals surface area contributed by atoms with E-state index < -0.39 is 12.0 Å². The van der Waals surface area contributed by atoms with E-state index in [0.29, 0.717) is 18.9 Å². The zero-order valence-electron chi connectivity index (χ0n) is 19.7. The summed E-state index contributed by atoms with van der Waals surface area (Å²) >= 11 is 0. The number of carbonyl (C=O) groups excluding carboxylic acids is 1. The SMILES string of the molecule is O=C(O)C(Cc1ccc(N2CCC(CNc3ccccn3)CC2)cc1)N1CC2(CCCC2)C1=O. The number of nitrogens with zero attached hydrogens (tertiary/aromatic N) is 3. The van der Waals surface area contributed by atoms with Crippen LogP contribution in [0.25, 0.3) is 0 Å². The second-order valence-electron chi connectivity index (χ2n) is 10.2. The number of carboxylic acids is 1. The summed E-state index contributed by atoms with van der Waals surface area (Å²) in [4.78, 5) is 33.1. The van der Waals surface area contributed by atoms with Crippen LogP contribution in [-0.4, -0.2) is 59.1 Å². The number of likely N-dealkylation sites (tertiary alicyclic amines) is 1. The highest BCUT2D eigenvalue weighted by atomic mass is 16.4. The molecule has 3 aliphatic rings. The van der Waals surface area contributed by atoms with Crippen LogP contribution in [0.4, 0.5) is 11.5 Å². The summed E-state index contributed by atoms with van der Waals surface area (Å²) in [5.41, 5.74) is 1.89. The van der Waals surface area contributed by atoms with Crippen molar-refractivity contribution in [2.45, 2.75) is 51.0 Å². The van der Waals surface area contributed by atoms with Gasteiger partial charge in [-0.2, -0.15) is 0 Å². The van der Waals surface area contributed by atoms with Gasteiger partial charge in [-0.1, -0.05) is 31.0 Å². The number of carboxylic acid groups (broad SMARTS) is 1. The van der Waals surface area contributed by atoms with E-state index in [2.05, 4.69) is 27.3 Å².